The summed E-state index contributed by atoms with van der Waals surface area (Å²) in [7, 11) is 0. The lowest BCUT2D eigenvalue weighted by molar-refractivity contribution is 0.523. The van der Waals surface area contributed by atoms with Crippen LogP contribution in [0.5, 0.6) is 0 Å². The third kappa shape index (κ3) is 2.02. The Balaban J connectivity index is 2.23. The van der Waals surface area contributed by atoms with E-state index in [1.54, 1.807) is 5.69 Å². The topological polar surface area (TPSA) is 4.93 Å². The maximum Gasteiger partial charge on any atom is 0.0222 e. The Kier molecular flexibility index (Phi) is 2.95. The van der Waals surface area contributed by atoms with Gasteiger partial charge in [0.05, 0.1) is 0 Å². The quantitative estimate of drug-likeness (QED) is 0.637. The van der Waals surface area contributed by atoms with E-state index in [4.69, 9.17) is 0 Å². The molecule has 0 saturated heterocycles. The minimum Gasteiger partial charge on any atom is -0.351 e. The molecular formula is C13H21N. The van der Waals surface area contributed by atoms with Crippen LogP contribution < -0.4 is 0 Å². The first-order valence-corrected chi connectivity index (χ1v) is 5.96. The van der Waals surface area contributed by atoms with Gasteiger partial charge in [-0.25, -0.2) is 0 Å². The van der Waals surface area contributed by atoms with Gasteiger partial charge < -0.3 is 4.57 Å². The number of aryl methyl sites for hydroxylation is 2. The molecule has 0 fully saturated rings. The van der Waals surface area contributed by atoms with Crippen molar-refractivity contribution in [2.45, 2.75) is 58.4 Å². The van der Waals surface area contributed by atoms with E-state index < -0.39 is 0 Å². The highest BCUT2D eigenvalue weighted by Crippen LogP contribution is 2.22. The fraction of sp³-hybridized carbons (Fsp3) is 0.692. The molecule has 1 aromatic rings. The van der Waals surface area contributed by atoms with Gasteiger partial charge in [-0.05, 0) is 36.8 Å². The van der Waals surface area contributed by atoms with Crippen molar-refractivity contribution in [2.24, 2.45) is 0 Å². The van der Waals surface area contributed by atoms with Crippen molar-refractivity contribution in [3.8, 4) is 0 Å². The Hall–Kier alpha value is -0.720. The van der Waals surface area contributed by atoms with Crippen LogP contribution >= 0.6 is 0 Å². The predicted molar refractivity (Wildman–Crippen MR) is 60.7 cm³/mol. The largest absolute Gasteiger partial charge is 0.351 e. The Labute approximate surface area is 87.1 Å². The van der Waals surface area contributed by atoms with Gasteiger partial charge in [-0.15, -0.1) is 0 Å². The van der Waals surface area contributed by atoms with Gasteiger partial charge in [0, 0.05) is 18.4 Å². The van der Waals surface area contributed by atoms with Crippen molar-refractivity contribution in [2.75, 3.05) is 0 Å². The SMILES string of the molecule is CC(C)c1cc2n(c1)CCCCCC2. The molecule has 0 spiro atoms. The monoisotopic (exact) mass is 191 g/mol. The van der Waals surface area contributed by atoms with Gasteiger partial charge >= 0.3 is 0 Å². The maximum atomic E-state index is 2.48. The van der Waals surface area contributed by atoms with Crippen LogP contribution in [0.15, 0.2) is 12.3 Å². The Bertz CT molecular complexity index is 271. The maximum absolute atomic E-state index is 2.48. The lowest BCUT2D eigenvalue weighted by atomic mass is 10.1. The van der Waals surface area contributed by atoms with E-state index in [0.717, 1.165) is 0 Å². The van der Waals surface area contributed by atoms with E-state index in [-0.39, 0.29) is 0 Å². The molecule has 0 amide bonds. The van der Waals surface area contributed by atoms with Gasteiger partial charge in [0.25, 0.3) is 0 Å². The third-order valence-corrected chi connectivity index (χ3v) is 3.26. The van der Waals surface area contributed by atoms with Crippen LogP contribution in [0.1, 0.15) is 56.7 Å². The van der Waals surface area contributed by atoms with Crippen LogP contribution in [0.25, 0.3) is 0 Å². The van der Waals surface area contributed by atoms with E-state index in [1.165, 1.54) is 44.2 Å². The third-order valence-electron chi connectivity index (χ3n) is 3.26. The van der Waals surface area contributed by atoms with Gasteiger partial charge in [-0.1, -0.05) is 26.7 Å². The minimum absolute atomic E-state index is 0.677. The van der Waals surface area contributed by atoms with Crippen molar-refractivity contribution >= 4 is 0 Å². The average Bonchev–Trinajstić information content (AvgIpc) is 2.48. The zero-order valence-corrected chi connectivity index (χ0v) is 9.42. The first-order chi connectivity index (χ1) is 6.77. The van der Waals surface area contributed by atoms with Crippen LogP contribution in [-0.4, -0.2) is 4.57 Å². The van der Waals surface area contributed by atoms with Crippen molar-refractivity contribution in [1.29, 1.82) is 0 Å². The summed E-state index contributed by atoms with van der Waals surface area (Å²) >= 11 is 0. The summed E-state index contributed by atoms with van der Waals surface area (Å²) in [6, 6.07) is 2.41. The zero-order valence-electron chi connectivity index (χ0n) is 9.42. The second-order valence-corrected chi connectivity index (χ2v) is 4.78. The highest BCUT2D eigenvalue weighted by atomic mass is 15.0. The summed E-state index contributed by atoms with van der Waals surface area (Å²) in [4.78, 5) is 0. The molecule has 0 radical (unpaired) electrons. The van der Waals surface area contributed by atoms with E-state index in [9.17, 15) is 0 Å². The van der Waals surface area contributed by atoms with Crippen molar-refractivity contribution < 1.29 is 0 Å². The zero-order chi connectivity index (χ0) is 9.97. The van der Waals surface area contributed by atoms with Crippen molar-refractivity contribution in [1.82, 2.24) is 4.57 Å². The molecule has 0 aliphatic carbocycles. The fourth-order valence-electron chi connectivity index (χ4n) is 2.26. The van der Waals surface area contributed by atoms with Gasteiger partial charge in [0.1, 0.15) is 0 Å². The van der Waals surface area contributed by atoms with E-state index in [1.807, 2.05) is 0 Å². The molecule has 0 aromatic carbocycles. The molecule has 78 valence electrons. The highest BCUT2D eigenvalue weighted by molar-refractivity contribution is 5.22. The fourth-order valence-corrected chi connectivity index (χ4v) is 2.26. The Morgan fingerprint density at radius 3 is 2.71 bits per heavy atom. The second kappa shape index (κ2) is 4.20. The first-order valence-electron chi connectivity index (χ1n) is 5.96. The summed E-state index contributed by atoms with van der Waals surface area (Å²) in [5, 5.41) is 0. The number of rotatable bonds is 1. The average molecular weight is 191 g/mol. The molecule has 0 unspecified atom stereocenters. The molecule has 14 heavy (non-hydrogen) atoms. The highest BCUT2D eigenvalue weighted by Gasteiger charge is 2.09. The van der Waals surface area contributed by atoms with Gasteiger partial charge in [0.2, 0.25) is 0 Å². The van der Waals surface area contributed by atoms with Gasteiger partial charge in [-0.2, -0.15) is 0 Å². The van der Waals surface area contributed by atoms with Crippen LogP contribution in [0.3, 0.4) is 0 Å². The van der Waals surface area contributed by atoms with Crippen molar-refractivity contribution in [3.05, 3.63) is 23.5 Å². The standard InChI is InChI=1S/C13H21N/c1-11(2)12-9-13-7-5-3-4-6-8-14(13)10-12/h9-11H,3-8H2,1-2H3. The molecular weight excluding hydrogens is 170 g/mol. The lowest BCUT2D eigenvalue weighted by Crippen LogP contribution is -2.04. The first kappa shape index (κ1) is 9.82. The summed E-state index contributed by atoms with van der Waals surface area (Å²) in [5.74, 6) is 0.677. The van der Waals surface area contributed by atoms with Crippen LogP contribution in [0, 0.1) is 0 Å². The summed E-state index contributed by atoms with van der Waals surface area (Å²) in [6.07, 6.45) is 9.22. The predicted octanol–water partition coefficient (Wildman–Crippen LogP) is 3.73. The molecule has 1 aliphatic rings. The second-order valence-electron chi connectivity index (χ2n) is 4.78. The summed E-state index contributed by atoms with van der Waals surface area (Å²) < 4.78 is 2.48. The molecule has 1 aliphatic heterocycles. The lowest BCUT2D eigenvalue weighted by Gasteiger charge is -2.12. The van der Waals surface area contributed by atoms with Gasteiger partial charge in [-0.3, -0.25) is 0 Å². The summed E-state index contributed by atoms with van der Waals surface area (Å²) in [5.41, 5.74) is 3.08. The molecule has 2 heterocycles. The molecule has 1 nitrogen and oxygen atoms in total. The molecule has 0 saturated carbocycles. The van der Waals surface area contributed by atoms with E-state index >= 15 is 0 Å². The van der Waals surface area contributed by atoms with Gasteiger partial charge in [0.15, 0.2) is 0 Å². The normalized spacial score (nSPS) is 17.6. The number of aromatic nitrogens is 1. The molecule has 0 atom stereocenters. The Morgan fingerprint density at radius 1 is 1.14 bits per heavy atom. The molecule has 1 aromatic heterocycles. The molecule has 0 bridgehead atoms. The number of hydrogen-bond acceptors (Lipinski definition) is 0. The van der Waals surface area contributed by atoms with Crippen LogP contribution in [-0.2, 0) is 13.0 Å². The number of nitrogens with zero attached hydrogens (tertiary/aromatic N) is 1. The molecule has 0 N–H and O–H groups in total. The number of hydrogen-bond donors (Lipinski definition) is 0. The molecule has 1 heteroatoms. The van der Waals surface area contributed by atoms with E-state index in [0.29, 0.717) is 5.92 Å². The van der Waals surface area contributed by atoms with E-state index in [2.05, 4.69) is 30.7 Å². The smallest absolute Gasteiger partial charge is 0.0222 e. The summed E-state index contributed by atoms with van der Waals surface area (Å²) in [6.45, 7) is 5.80. The van der Waals surface area contributed by atoms with Crippen LogP contribution in [0.2, 0.25) is 0 Å². The van der Waals surface area contributed by atoms with Crippen molar-refractivity contribution in [3.63, 3.8) is 0 Å². The minimum atomic E-state index is 0.677. The van der Waals surface area contributed by atoms with Crippen LogP contribution in [0.4, 0.5) is 0 Å². The molecule has 2 rings (SSSR count). The Morgan fingerprint density at radius 2 is 1.93 bits per heavy atom. The number of fused-ring (bicyclic) bond motifs is 1.